The SMILES string of the molecule is Cc1ccc(C2=NN(c3nn(C)c(=O)n3C)C[C@@H]2c2ccccc2)cc1. The van der Waals surface area contributed by atoms with E-state index in [1.807, 2.05) is 23.2 Å². The van der Waals surface area contributed by atoms with Crippen LogP contribution in [-0.2, 0) is 14.1 Å². The van der Waals surface area contributed by atoms with E-state index in [1.165, 1.54) is 20.4 Å². The topological polar surface area (TPSA) is 55.4 Å². The zero-order valence-corrected chi connectivity index (χ0v) is 15.1. The van der Waals surface area contributed by atoms with Gasteiger partial charge in [0, 0.05) is 20.0 Å². The van der Waals surface area contributed by atoms with Crippen molar-refractivity contribution in [3.8, 4) is 0 Å². The number of benzene rings is 2. The van der Waals surface area contributed by atoms with Crippen LogP contribution in [0.3, 0.4) is 0 Å². The van der Waals surface area contributed by atoms with E-state index in [9.17, 15) is 4.79 Å². The van der Waals surface area contributed by atoms with E-state index in [0.29, 0.717) is 12.5 Å². The van der Waals surface area contributed by atoms with Gasteiger partial charge in [0.15, 0.2) is 0 Å². The molecule has 0 N–H and O–H groups in total. The summed E-state index contributed by atoms with van der Waals surface area (Å²) in [5.41, 5.74) is 4.35. The summed E-state index contributed by atoms with van der Waals surface area (Å²) in [6.45, 7) is 2.72. The van der Waals surface area contributed by atoms with Crippen LogP contribution in [0, 0.1) is 6.92 Å². The summed E-state index contributed by atoms with van der Waals surface area (Å²) in [4.78, 5) is 12.1. The fourth-order valence-corrected chi connectivity index (χ4v) is 3.33. The zero-order chi connectivity index (χ0) is 18.3. The molecule has 2 heterocycles. The number of aryl methyl sites for hydroxylation is 2. The minimum atomic E-state index is -0.157. The van der Waals surface area contributed by atoms with E-state index in [4.69, 9.17) is 5.10 Å². The molecule has 6 nitrogen and oxygen atoms in total. The van der Waals surface area contributed by atoms with Gasteiger partial charge in [-0.05, 0) is 18.1 Å². The highest BCUT2D eigenvalue weighted by atomic mass is 16.2. The lowest BCUT2D eigenvalue weighted by Crippen LogP contribution is -2.24. The molecular weight excluding hydrogens is 326 g/mol. The largest absolute Gasteiger partial charge is 0.346 e. The number of hydrogen-bond donors (Lipinski definition) is 0. The summed E-state index contributed by atoms with van der Waals surface area (Å²) in [5.74, 6) is 0.677. The van der Waals surface area contributed by atoms with Gasteiger partial charge in [0.05, 0.1) is 12.3 Å². The van der Waals surface area contributed by atoms with Gasteiger partial charge >= 0.3 is 5.69 Å². The summed E-state index contributed by atoms with van der Waals surface area (Å²) < 4.78 is 2.87. The minimum absolute atomic E-state index is 0.121. The first-order valence-electron chi connectivity index (χ1n) is 8.62. The van der Waals surface area contributed by atoms with Crippen LogP contribution in [0.25, 0.3) is 0 Å². The first kappa shape index (κ1) is 16.3. The molecule has 0 saturated carbocycles. The second kappa shape index (κ2) is 6.29. The smallest absolute Gasteiger partial charge is 0.263 e. The molecule has 0 saturated heterocycles. The van der Waals surface area contributed by atoms with E-state index in [-0.39, 0.29) is 11.6 Å². The molecule has 1 aromatic heterocycles. The molecule has 3 aromatic rings. The monoisotopic (exact) mass is 347 g/mol. The van der Waals surface area contributed by atoms with Crippen LogP contribution in [0.5, 0.6) is 0 Å². The van der Waals surface area contributed by atoms with Gasteiger partial charge in [-0.3, -0.25) is 4.57 Å². The van der Waals surface area contributed by atoms with Crippen molar-refractivity contribution in [1.82, 2.24) is 14.3 Å². The van der Waals surface area contributed by atoms with Gasteiger partial charge in [0.25, 0.3) is 0 Å². The Morgan fingerprint density at radius 1 is 1.00 bits per heavy atom. The van der Waals surface area contributed by atoms with E-state index in [2.05, 4.69) is 48.4 Å². The Balaban J connectivity index is 1.80. The van der Waals surface area contributed by atoms with E-state index in [1.54, 1.807) is 14.1 Å². The van der Waals surface area contributed by atoms with Crippen LogP contribution in [-0.4, -0.2) is 26.6 Å². The van der Waals surface area contributed by atoms with Crippen molar-refractivity contribution in [2.75, 3.05) is 11.6 Å². The Kier molecular flexibility index (Phi) is 3.95. The summed E-state index contributed by atoms with van der Waals surface area (Å²) in [5, 5.41) is 11.0. The van der Waals surface area contributed by atoms with Crippen LogP contribution in [0.1, 0.15) is 22.6 Å². The first-order chi connectivity index (χ1) is 12.5. The average molecular weight is 347 g/mol. The summed E-state index contributed by atoms with van der Waals surface area (Å²) in [6.07, 6.45) is 0. The molecule has 4 rings (SSSR count). The predicted octanol–water partition coefficient (Wildman–Crippen LogP) is 2.44. The van der Waals surface area contributed by atoms with Crippen molar-refractivity contribution in [2.45, 2.75) is 12.8 Å². The highest BCUT2D eigenvalue weighted by Gasteiger charge is 2.32. The summed E-state index contributed by atoms with van der Waals surface area (Å²) in [6, 6.07) is 18.7. The van der Waals surface area contributed by atoms with E-state index >= 15 is 0 Å². The second-order valence-corrected chi connectivity index (χ2v) is 6.66. The minimum Gasteiger partial charge on any atom is -0.263 e. The highest BCUT2D eigenvalue weighted by Crippen LogP contribution is 2.30. The van der Waals surface area contributed by atoms with Gasteiger partial charge in [0.1, 0.15) is 0 Å². The Labute approximate surface area is 152 Å². The fourth-order valence-electron chi connectivity index (χ4n) is 3.33. The maximum Gasteiger partial charge on any atom is 0.346 e. The normalized spacial score (nSPS) is 16.8. The predicted molar refractivity (Wildman–Crippen MR) is 103 cm³/mol. The van der Waals surface area contributed by atoms with Crippen molar-refractivity contribution in [1.29, 1.82) is 0 Å². The number of anilines is 1. The van der Waals surface area contributed by atoms with E-state index in [0.717, 1.165) is 11.3 Å². The lowest BCUT2D eigenvalue weighted by atomic mass is 9.90. The zero-order valence-electron chi connectivity index (χ0n) is 15.1. The first-order valence-corrected chi connectivity index (χ1v) is 8.62. The van der Waals surface area contributed by atoms with Crippen molar-refractivity contribution < 1.29 is 0 Å². The molecule has 0 spiro atoms. The quantitative estimate of drug-likeness (QED) is 0.731. The lowest BCUT2D eigenvalue weighted by Gasteiger charge is -2.15. The molecule has 0 amide bonds. The van der Waals surface area contributed by atoms with Crippen LogP contribution in [0.15, 0.2) is 64.5 Å². The standard InChI is InChI=1S/C20H21N5O/c1-14-9-11-16(12-10-14)18-17(15-7-5-4-6-8-15)13-25(21-18)19-22-24(3)20(26)23(19)2/h4-12,17H,13H2,1-3H3/t17-/m1/s1. The van der Waals surface area contributed by atoms with Crippen LogP contribution in [0.4, 0.5) is 5.95 Å². The van der Waals surface area contributed by atoms with Crippen LogP contribution >= 0.6 is 0 Å². The third-order valence-electron chi connectivity index (χ3n) is 4.80. The Morgan fingerprint density at radius 2 is 1.69 bits per heavy atom. The number of rotatable bonds is 3. The third-order valence-corrected chi connectivity index (χ3v) is 4.80. The third kappa shape index (κ3) is 2.73. The second-order valence-electron chi connectivity index (χ2n) is 6.66. The molecule has 0 aliphatic carbocycles. The lowest BCUT2D eigenvalue weighted by molar-refractivity contribution is 0.713. The molecule has 0 unspecified atom stereocenters. The Morgan fingerprint density at radius 3 is 2.31 bits per heavy atom. The summed E-state index contributed by atoms with van der Waals surface area (Å²) in [7, 11) is 3.38. The van der Waals surface area contributed by atoms with Gasteiger partial charge in [-0.25, -0.2) is 14.5 Å². The number of aromatic nitrogens is 3. The fraction of sp³-hybridized carbons (Fsp3) is 0.250. The Hall–Kier alpha value is -3.15. The summed E-state index contributed by atoms with van der Waals surface area (Å²) >= 11 is 0. The van der Waals surface area contributed by atoms with Gasteiger partial charge in [-0.1, -0.05) is 60.2 Å². The highest BCUT2D eigenvalue weighted by molar-refractivity contribution is 6.07. The molecule has 1 aliphatic heterocycles. The molecule has 26 heavy (non-hydrogen) atoms. The van der Waals surface area contributed by atoms with Gasteiger partial charge in [-0.2, -0.15) is 5.10 Å². The number of hydrazone groups is 1. The van der Waals surface area contributed by atoms with E-state index < -0.39 is 0 Å². The maximum atomic E-state index is 12.1. The molecule has 2 aromatic carbocycles. The number of hydrogen-bond acceptors (Lipinski definition) is 4. The molecule has 1 aliphatic rings. The number of nitrogens with zero attached hydrogens (tertiary/aromatic N) is 5. The molecular formula is C20H21N5O. The average Bonchev–Trinajstić information content (AvgIpc) is 3.20. The Bertz CT molecular complexity index is 1010. The molecule has 0 fully saturated rings. The van der Waals surface area contributed by atoms with Crippen molar-refractivity contribution in [2.24, 2.45) is 19.2 Å². The van der Waals surface area contributed by atoms with Crippen molar-refractivity contribution >= 4 is 11.7 Å². The van der Waals surface area contributed by atoms with Crippen molar-refractivity contribution in [3.63, 3.8) is 0 Å². The van der Waals surface area contributed by atoms with Crippen molar-refractivity contribution in [3.05, 3.63) is 81.8 Å². The molecule has 1 atom stereocenters. The van der Waals surface area contributed by atoms with Gasteiger partial charge in [0.2, 0.25) is 5.95 Å². The van der Waals surface area contributed by atoms with Crippen LogP contribution < -0.4 is 10.7 Å². The van der Waals surface area contributed by atoms with Crippen LogP contribution in [0.2, 0.25) is 0 Å². The van der Waals surface area contributed by atoms with Gasteiger partial charge in [-0.15, -0.1) is 5.10 Å². The molecule has 0 bridgehead atoms. The molecule has 6 heteroatoms. The molecule has 0 radical (unpaired) electrons. The maximum absolute atomic E-state index is 12.1. The molecule has 132 valence electrons. The van der Waals surface area contributed by atoms with Gasteiger partial charge < -0.3 is 0 Å².